The second-order valence-electron chi connectivity index (χ2n) is 3.54. The predicted molar refractivity (Wildman–Crippen MR) is 43.2 cm³/mol. The van der Waals surface area contributed by atoms with Crippen molar-refractivity contribution in [3.63, 3.8) is 0 Å². The quantitative estimate of drug-likeness (QED) is 0.636. The van der Waals surface area contributed by atoms with Gasteiger partial charge in [-0.2, -0.15) is 13.2 Å². The largest absolute Gasteiger partial charge is 0.409 e. The van der Waals surface area contributed by atoms with Gasteiger partial charge in [0, 0.05) is 6.08 Å². The molecule has 0 radical (unpaired) electrons. The molecule has 1 aliphatic rings. The molecule has 0 bridgehead atoms. The van der Waals surface area contributed by atoms with Gasteiger partial charge in [0.1, 0.15) is 0 Å². The second kappa shape index (κ2) is 3.70. The first-order valence-corrected chi connectivity index (χ1v) is 4.41. The zero-order chi connectivity index (χ0) is 9.95. The molecule has 0 aromatic rings. The minimum absolute atomic E-state index is 0.137. The fourth-order valence-electron chi connectivity index (χ4n) is 1.58. The number of alkyl halides is 3. The average Bonchev–Trinajstić information content (AvgIpc) is 2.02. The number of allylic oxidation sites excluding steroid dienone is 1. The predicted octanol–water partition coefficient (Wildman–Crippen LogP) is 2.80. The molecular weight excluding hydrogens is 181 g/mol. The van der Waals surface area contributed by atoms with Gasteiger partial charge < -0.3 is 5.11 Å². The minimum Gasteiger partial charge on any atom is -0.386 e. The summed E-state index contributed by atoms with van der Waals surface area (Å²) in [5.41, 5.74) is -1.21. The van der Waals surface area contributed by atoms with E-state index in [0.717, 1.165) is 25.3 Å². The minimum atomic E-state index is -4.31. The molecule has 0 atom stereocenters. The van der Waals surface area contributed by atoms with E-state index in [2.05, 4.69) is 0 Å². The van der Waals surface area contributed by atoms with Crippen molar-refractivity contribution in [2.75, 3.05) is 0 Å². The highest BCUT2D eigenvalue weighted by atomic mass is 19.4. The fourth-order valence-corrected chi connectivity index (χ4v) is 1.58. The van der Waals surface area contributed by atoms with E-state index in [-0.39, 0.29) is 6.08 Å². The second-order valence-corrected chi connectivity index (χ2v) is 3.54. The van der Waals surface area contributed by atoms with Gasteiger partial charge in [-0.15, -0.1) is 0 Å². The van der Waals surface area contributed by atoms with Gasteiger partial charge >= 0.3 is 6.18 Å². The van der Waals surface area contributed by atoms with Crippen LogP contribution in [0.2, 0.25) is 0 Å². The van der Waals surface area contributed by atoms with Gasteiger partial charge in [-0.25, -0.2) is 0 Å². The summed E-state index contributed by atoms with van der Waals surface area (Å²) in [4.78, 5) is 0. The smallest absolute Gasteiger partial charge is 0.386 e. The van der Waals surface area contributed by atoms with Crippen LogP contribution in [0.5, 0.6) is 0 Å². The standard InChI is InChI=1S/C9H13F3O/c10-9(11,12)7-6-8(13)4-2-1-3-5-8/h6-7,13H,1-5H2/b7-6+. The summed E-state index contributed by atoms with van der Waals surface area (Å²) in [7, 11) is 0. The average molecular weight is 194 g/mol. The lowest BCUT2D eigenvalue weighted by Gasteiger charge is -2.28. The van der Waals surface area contributed by atoms with Crippen molar-refractivity contribution in [2.24, 2.45) is 0 Å². The van der Waals surface area contributed by atoms with Crippen LogP contribution in [0.1, 0.15) is 32.1 Å². The van der Waals surface area contributed by atoms with Crippen molar-refractivity contribution in [2.45, 2.75) is 43.9 Å². The Morgan fingerprint density at radius 1 is 1.08 bits per heavy atom. The van der Waals surface area contributed by atoms with Crippen LogP contribution >= 0.6 is 0 Å². The van der Waals surface area contributed by atoms with Crippen LogP contribution < -0.4 is 0 Å². The molecule has 0 aliphatic heterocycles. The summed E-state index contributed by atoms with van der Waals surface area (Å²) in [6, 6.07) is 0. The molecule has 0 saturated heterocycles. The highest BCUT2D eigenvalue weighted by Crippen LogP contribution is 2.30. The maximum Gasteiger partial charge on any atom is 0.409 e. The number of aliphatic hydroxyl groups is 1. The Labute approximate surface area is 75.3 Å². The van der Waals surface area contributed by atoms with E-state index in [1.807, 2.05) is 0 Å². The summed E-state index contributed by atoms with van der Waals surface area (Å²) in [5.74, 6) is 0. The number of hydrogen-bond donors (Lipinski definition) is 1. The molecular formula is C9H13F3O. The van der Waals surface area contributed by atoms with E-state index in [9.17, 15) is 18.3 Å². The third-order valence-corrected chi connectivity index (χ3v) is 2.30. The summed E-state index contributed by atoms with van der Waals surface area (Å²) in [6.07, 6.45) is 0.219. The van der Waals surface area contributed by atoms with Gasteiger partial charge in [0.05, 0.1) is 5.60 Å². The van der Waals surface area contributed by atoms with Crippen LogP contribution in [0, 0.1) is 0 Å². The maximum atomic E-state index is 11.8. The fraction of sp³-hybridized carbons (Fsp3) is 0.778. The summed E-state index contributed by atoms with van der Waals surface area (Å²) >= 11 is 0. The van der Waals surface area contributed by atoms with E-state index in [1.165, 1.54) is 0 Å². The molecule has 1 aliphatic carbocycles. The Bertz CT molecular complexity index is 190. The first-order valence-electron chi connectivity index (χ1n) is 4.41. The summed E-state index contributed by atoms with van der Waals surface area (Å²) < 4.78 is 35.3. The maximum absolute atomic E-state index is 11.8. The SMILES string of the molecule is OC1(/C=C/C(F)(F)F)CCCCC1. The summed E-state index contributed by atoms with van der Waals surface area (Å²) in [6.45, 7) is 0. The van der Waals surface area contributed by atoms with Gasteiger partial charge in [-0.05, 0) is 18.9 Å². The molecule has 1 N–H and O–H groups in total. The zero-order valence-corrected chi connectivity index (χ0v) is 7.27. The van der Waals surface area contributed by atoms with Gasteiger partial charge in [0.2, 0.25) is 0 Å². The normalized spacial score (nSPS) is 23.7. The lowest BCUT2D eigenvalue weighted by Crippen LogP contribution is -2.29. The first-order chi connectivity index (χ1) is 5.91. The molecule has 0 amide bonds. The van der Waals surface area contributed by atoms with Crippen LogP contribution in [0.4, 0.5) is 13.2 Å². The third-order valence-electron chi connectivity index (χ3n) is 2.30. The van der Waals surface area contributed by atoms with Crippen LogP contribution in [0.3, 0.4) is 0 Å². The van der Waals surface area contributed by atoms with E-state index in [0.29, 0.717) is 12.8 Å². The van der Waals surface area contributed by atoms with Crippen molar-refractivity contribution in [1.82, 2.24) is 0 Å². The highest BCUT2D eigenvalue weighted by Gasteiger charge is 2.29. The van der Waals surface area contributed by atoms with E-state index in [1.54, 1.807) is 0 Å². The number of hydrogen-bond acceptors (Lipinski definition) is 1. The molecule has 0 unspecified atom stereocenters. The topological polar surface area (TPSA) is 20.2 Å². The Hall–Kier alpha value is -0.510. The van der Waals surface area contributed by atoms with E-state index in [4.69, 9.17) is 0 Å². The molecule has 0 heterocycles. The zero-order valence-electron chi connectivity index (χ0n) is 7.27. The highest BCUT2D eigenvalue weighted by molar-refractivity contribution is 5.04. The Balaban J connectivity index is 2.55. The molecule has 0 aromatic carbocycles. The molecule has 1 rings (SSSR count). The Morgan fingerprint density at radius 3 is 2.08 bits per heavy atom. The molecule has 0 spiro atoms. The lowest BCUT2D eigenvalue weighted by molar-refractivity contribution is -0.0819. The molecule has 1 saturated carbocycles. The molecule has 0 aromatic heterocycles. The molecule has 1 nitrogen and oxygen atoms in total. The van der Waals surface area contributed by atoms with Crippen LogP contribution in [0.25, 0.3) is 0 Å². The van der Waals surface area contributed by atoms with Crippen molar-refractivity contribution < 1.29 is 18.3 Å². The number of halogens is 3. The van der Waals surface area contributed by atoms with Gasteiger partial charge in [-0.1, -0.05) is 19.3 Å². The lowest BCUT2D eigenvalue weighted by atomic mass is 9.85. The van der Waals surface area contributed by atoms with Gasteiger partial charge in [0.15, 0.2) is 0 Å². The van der Waals surface area contributed by atoms with Crippen LogP contribution in [0.15, 0.2) is 12.2 Å². The van der Waals surface area contributed by atoms with Crippen LogP contribution in [-0.2, 0) is 0 Å². The van der Waals surface area contributed by atoms with Gasteiger partial charge in [-0.3, -0.25) is 0 Å². The Kier molecular flexibility index (Phi) is 3.01. The van der Waals surface area contributed by atoms with Gasteiger partial charge in [0.25, 0.3) is 0 Å². The Morgan fingerprint density at radius 2 is 1.62 bits per heavy atom. The monoisotopic (exact) mass is 194 g/mol. The van der Waals surface area contributed by atoms with Crippen LogP contribution in [-0.4, -0.2) is 16.9 Å². The number of rotatable bonds is 1. The molecule has 76 valence electrons. The molecule has 1 fully saturated rings. The van der Waals surface area contributed by atoms with E-state index < -0.39 is 11.8 Å². The van der Waals surface area contributed by atoms with Crippen molar-refractivity contribution >= 4 is 0 Å². The molecule has 13 heavy (non-hydrogen) atoms. The third kappa shape index (κ3) is 3.81. The van der Waals surface area contributed by atoms with E-state index >= 15 is 0 Å². The molecule has 4 heteroatoms. The van der Waals surface area contributed by atoms with Crippen molar-refractivity contribution in [1.29, 1.82) is 0 Å². The summed E-state index contributed by atoms with van der Waals surface area (Å²) in [5, 5.41) is 9.65. The van der Waals surface area contributed by atoms with Crippen molar-refractivity contribution in [3.05, 3.63) is 12.2 Å². The first kappa shape index (κ1) is 10.6. The van der Waals surface area contributed by atoms with Crippen molar-refractivity contribution in [3.8, 4) is 0 Å².